The molecule has 8 heteroatoms. The number of hydrogen-bond acceptors (Lipinski definition) is 7. The molecule has 0 fully saturated rings. The average Bonchev–Trinajstić information content (AvgIpc) is 2.83. The van der Waals surface area contributed by atoms with E-state index < -0.39 is 6.10 Å². The third kappa shape index (κ3) is 2.23. The van der Waals surface area contributed by atoms with Gasteiger partial charge in [-0.25, -0.2) is 4.98 Å². The van der Waals surface area contributed by atoms with Gasteiger partial charge in [-0.1, -0.05) is 0 Å². The molecule has 0 spiro atoms. The highest BCUT2D eigenvalue weighted by Gasteiger charge is 2.21. The van der Waals surface area contributed by atoms with E-state index in [0.717, 1.165) is 0 Å². The van der Waals surface area contributed by atoms with E-state index in [1.54, 1.807) is 7.05 Å². The molecule has 2 aromatic heterocycles. The highest BCUT2D eigenvalue weighted by atomic mass is 16.5. The van der Waals surface area contributed by atoms with E-state index >= 15 is 0 Å². The van der Waals surface area contributed by atoms with E-state index in [1.165, 1.54) is 31.4 Å². The summed E-state index contributed by atoms with van der Waals surface area (Å²) in [7, 11) is 4.58. The topological polar surface area (TPSA) is 95.2 Å². The lowest BCUT2D eigenvalue weighted by Crippen LogP contribution is -2.08. The normalized spacial score (nSPS) is 12.2. The van der Waals surface area contributed by atoms with Crippen LogP contribution in [-0.2, 0) is 7.05 Å². The van der Waals surface area contributed by atoms with Crippen molar-refractivity contribution in [1.29, 1.82) is 0 Å². The molecular formula is C10H13N5O3. The molecule has 0 aliphatic heterocycles. The first-order valence-corrected chi connectivity index (χ1v) is 5.15. The van der Waals surface area contributed by atoms with Gasteiger partial charge in [-0.3, -0.25) is 0 Å². The van der Waals surface area contributed by atoms with Gasteiger partial charge in [0.1, 0.15) is 17.5 Å². The van der Waals surface area contributed by atoms with Gasteiger partial charge in [0.05, 0.1) is 26.6 Å². The molecule has 0 aromatic carbocycles. The average molecular weight is 251 g/mol. The molecule has 2 aromatic rings. The first kappa shape index (κ1) is 12.2. The van der Waals surface area contributed by atoms with E-state index in [1.807, 2.05) is 0 Å². The fourth-order valence-corrected chi connectivity index (χ4v) is 1.43. The molecule has 0 aliphatic rings. The minimum atomic E-state index is -1.05. The summed E-state index contributed by atoms with van der Waals surface area (Å²) < 4.78 is 10.0. The van der Waals surface area contributed by atoms with Gasteiger partial charge >= 0.3 is 0 Å². The molecule has 0 aliphatic carbocycles. The number of ether oxygens (including phenoxy) is 2. The maximum atomic E-state index is 10.1. The van der Waals surface area contributed by atoms with Crippen LogP contribution in [-0.4, -0.2) is 44.3 Å². The summed E-state index contributed by atoms with van der Waals surface area (Å²) >= 11 is 0. The molecule has 1 atom stereocenters. The van der Waals surface area contributed by atoms with Gasteiger partial charge < -0.3 is 14.6 Å². The van der Waals surface area contributed by atoms with E-state index in [-0.39, 0.29) is 11.6 Å². The van der Waals surface area contributed by atoms with Crippen molar-refractivity contribution in [1.82, 2.24) is 25.0 Å². The zero-order valence-corrected chi connectivity index (χ0v) is 10.2. The monoisotopic (exact) mass is 251 g/mol. The largest absolute Gasteiger partial charge is 0.480 e. The third-order valence-electron chi connectivity index (χ3n) is 2.30. The molecule has 1 N–H and O–H groups in total. The van der Waals surface area contributed by atoms with Gasteiger partial charge in [0.2, 0.25) is 11.8 Å². The number of aromatic nitrogens is 5. The first-order chi connectivity index (χ1) is 8.65. The molecule has 0 radical (unpaired) electrons. The Morgan fingerprint density at radius 2 is 2.06 bits per heavy atom. The number of aliphatic hydroxyl groups excluding tert-OH is 1. The van der Waals surface area contributed by atoms with Gasteiger partial charge in [0.15, 0.2) is 0 Å². The van der Waals surface area contributed by atoms with Crippen LogP contribution in [0.5, 0.6) is 11.8 Å². The van der Waals surface area contributed by atoms with Gasteiger partial charge in [-0.2, -0.15) is 20.0 Å². The summed E-state index contributed by atoms with van der Waals surface area (Å²) in [6, 6.07) is 0. The van der Waals surface area contributed by atoms with Crippen molar-refractivity contribution >= 4 is 0 Å². The van der Waals surface area contributed by atoms with Crippen LogP contribution in [0.15, 0.2) is 12.4 Å². The maximum Gasteiger partial charge on any atom is 0.241 e. The Morgan fingerprint density at radius 1 is 1.28 bits per heavy atom. The van der Waals surface area contributed by atoms with E-state index in [0.29, 0.717) is 11.6 Å². The molecule has 0 saturated heterocycles. The fraction of sp³-hybridized carbons (Fsp3) is 0.400. The van der Waals surface area contributed by atoms with Crippen molar-refractivity contribution in [3.8, 4) is 11.8 Å². The van der Waals surface area contributed by atoms with Crippen LogP contribution in [0.25, 0.3) is 0 Å². The predicted octanol–water partition coefficient (Wildman–Crippen LogP) is -0.296. The SMILES string of the molecule is COc1cnc(C(O)c2cnn(C)n2)c(OC)n1. The van der Waals surface area contributed by atoms with Crippen LogP contribution in [0.2, 0.25) is 0 Å². The molecule has 1 unspecified atom stereocenters. The molecule has 96 valence electrons. The summed E-state index contributed by atoms with van der Waals surface area (Å²) in [5, 5.41) is 18.0. The molecule has 2 rings (SSSR count). The van der Waals surface area contributed by atoms with Gasteiger partial charge in [-0.15, -0.1) is 0 Å². The Kier molecular flexibility index (Phi) is 3.38. The molecule has 0 saturated carbocycles. The quantitative estimate of drug-likeness (QED) is 0.797. The third-order valence-corrected chi connectivity index (χ3v) is 2.30. The van der Waals surface area contributed by atoms with Crippen molar-refractivity contribution in [3.05, 3.63) is 23.8 Å². The van der Waals surface area contributed by atoms with Crippen molar-refractivity contribution in [2.45, 2.75) is 6.10 Å². The highest BCUT2D eigenvalue weighted by Crippen LogP contribution is 2.26. The second-order valence-electron chi connectivity index (χ2n) is 3.47. The van der Waals surface area contributed by atoms with Crippen molar-refractivity contribution < 1.29 is 14.6 Å². The molecule has 8 nitrogen and oxygen atoms in total. The Morgan fingerprint density at radius 3 is 2.61 bits per heavy atom. The number of aliphatic hydroxyl groups is 1. The second kappa shape index (κ2) is 4.96. The predicted molar refractivity (Wildman–Crippen MR) is 60.2 cm³/mol. The molecule has 0 bridgehead atoms. The summed E-state index contributed by atoms with van der Waals surface area (Å²) in [4.78, 5) is 9.46. The maximum absolute atomic E-state index is 10.1. The summed E-state index contributed by atoms with van der Waals surface area (Å²) in [5.41, 5.74) is 0.633. The Labute approximate surface area is 103 Å². The van der Waals surface area contributed by atoms with Crippen molar-refractivity contribution in [2.75, 3.05) is 14.2 Å². The molecule has 2 heterocycles. The van der Waals surface area contributed by atoms with Gasteiger partial charge in [-0.05, 0) is 0 Å². The highest BCUT2D eigenvalue weighted by molar-refractivity contribution is 5.28. The van der Waals surface area contributed by atoms with E-state index in [9.17, 15) is 5.11 Å². The van der Waals surface area contributed by atoms with Gasteiger partial charge in [0, 0.05) is 7.05 Å². The van der Waals surface area contributed by atoms with Crippen LogP contribution in [0.1, 0.15) is 17.5 Å². The number of methoxy groups -OCH3 is 2. The zero-order chi connectivity index (χ0) is 13.1. The lowest BCUT2D eigenvalue weighted by molar-refractivity contribution is 0.201. The smallest absolute Gasteiger partial charge is 0.241 e. The number of hydrogen-bond donors (Lipinski definition) is 1. The number of rotatable bonds is 4. The zero-order valence-electron chi connectivity index (χ0n) is 10.2. The lowest BCUT2D eigenvalue weighted by atomic mass is 10.2. The Hall–Kier alpha value is -2.22. The molecule has 0 amide bonds. The number of nitrogens with zero attached hydrogens (tertiary/aromatic N) is 5. The van der Waals surface area contributed by atoms with Crippen LogP contribution < -0.4 is 9.47 Å². The minimum absolute atomic E-state index is 0.188. The van der Waals surface area contributed by atoms with E-state index in [2.05, 4.69) is 20.2 Å². The summed E-state index contributed by atoms with van der Waals surface area (Å²) in [6.45, 7) is 0. The Balaban J connectivity index is 2.38. The van der Waals surface area contributed by atoms with Crippen LogP contribution in [0.3, 0.4) is 0 Å². The lowest BCUT2D eigenvalue weighted by Gasteiger charge is -2.11. The van der Waals surface area contributed by atoms with Crippen LogP contribution in [0, 0.1) is 0 Å². The van der Waals surface area contributed by atoms with Crippen LogP contribution in [0.4, 0.5) is 0 Å². The molecule has 18 heavy (non-hydrogen) atoms. The number of aryl methyl sites for hydroxylation is 1. The molecular weight excluding hydrogens is 238 g/mol. The second-order valence-corrected chi connectivity index (χ2v) is 3.47. The minimum Gasteiger partial charge on any atom is -0.480 e. The Bertz CT molecular complexity index is 542. The van der Waals surface area contributed by atoms with E-state index in [4.69, 9.17) is 9.47 Å². The first-order valence-electron chi connectivity index (χ1n) is 5.15. The summed E-state index contributed by atoms with van der Waals surface area (Å²) in [5.74, 6) is 0.495. The fourth-order valence-electron chi connectivity index (χ4n) is 1.43. The standard InChI is InChI=1S/C10H13N5O3/c1-15-12-4-6(14-15)9(16)8-10(18-3)13-7(17-2)5-11-8/h4-5,9,16H,1-3H3. The van der Waals surface area contributed by atoms with Gasteiger partial charge in [0.25, 0.3) is 0 Å². The van der Waals surface area contributed by atoms with Crippen molar-refractivity contribution in [3.63, 3.8) is 0 Å². The summed E-state index contributed by atoms with van der Waals surface area (Å²) in [6.07, 6.45) is 1.81. The van der Waals surface area contributed by atoms with Crippen molar-refractivity contribution in [2.24, 2.45) is 7.05 Å². The van der Waals surface area contributed by atoms with Crippen LogP contribution >= 0.6 is 0 Å².